The molecule has 0 atom stereocenters. The lowest BCUT2D eigenvalue weighted by molar-refractivity contribution is 0.663. The molecule has 242 valence electrons. The minimum Gasteiger partial charge on any atom is -0.456 e. The van der Waals surface area contributed by atoms with Crippen LogP contribution in [0.25, 0.3) is 110 Å². The highest BCUT2D eigenvalue weighted by Gasteiger charge is 2.19. The molecular weight excluding hydrogens is 637 g/mol. The normalized spacial score (nSPS) is 12.2. The van der Waals surface area contributed by atoms with Crippen LogP contribution in [0.1, 0.15) is 0 Å². The van der Waals surface area contributed by atoms with Crippen LogP contribution < -0.4 is 0 Å². The zero-order valence-electron chi connectivity index (χ0n) is 27.9. The Kier molecular flexibility index (Phi) is 5.47. The van der Waals surface area contributed by atoms with Crippen molar-refractivity contribution in [2.24, 2.45) is 0 Å². The Balaban J connectivity index is 1.04. The molecular formula is C48H28N2O2. The fraction of sp³-hybridized carbons (Fsp3) is 0. The summed E-state index contributed by atoms with van der Waals surface area (Å²) in [4.78, 5) is 0. The first-order chi connectivity index (χ1) is 25.8. The van der Waals surface area contributed by atoms with Crippen LogP contribution in [0.5, 0.6) is 0 Å². The lowest BCUT2D eigenvalue weighted by Gasteiger charge is -2.10. The second-order valence-electron chi connectivity index (χ2n) is 13.7. The fourth-order valence-corrected chi connectivity index (χ4v) is 8.63. The van der Waals surface area contributed by atoms with E-state index in [1.54, 1.807) is 0 Å². The molecule has 0 bridgehead atoms. The second kappa shape index (κ2) is 10.3. The Labute approximate surface area is 296 Å². The van der Waals surface area contributed by atoms with E-state index in [0.717, 1.165) is 66.4 Å². The largest absolute Gasteiger partial charge is 0.456 e. The Bertz CT molecular complexity index is 3320. The number of furan rings is 2. The molecule has 0 amide bonds. The number of rotatable bonds is 3. The van der Waals surface area contributed by atoms with Crippen molar-refractivity contribution in [1.82, 2.24) is 9.13 Å². The maximum atomic E-state index is 6.70. The third-order valence-corrected chi connectivity index (χ3v) is 10.9. The van der Waals surface area contributed by atoms with E-state index >= 15 is 0 Å². The van der Waals surface area contributed by atoms with Crippen molar-refractivity contribution in [3.63, 3.8) is 0 Å². The van der Waals surface area contributed by atoms with Crippen molar-refractivity contribution >= 4 is 87.5 Å². The number of benzene rings is 8. The first-order valence-corrected chi connectivity index (χ1v) is 17.7. The molecule has 0 aliphatic rings. The smallest absolute Gasteiger partial charge is 0.147 e. The number of para-hydroxylation sites is 4. The van der Waals surface area contributed by atoms with Gasteiger partial charge < -0.3 is 18.0 Å². The summed E-state index contributed by atoms with van der Waals surface area (Å²) < 4.78 is 17.9. The average molecular weight is 665 g/mol. The molecule has 4 heterocycles. The summed E-state index contributed by atoms with van der Waals surface area (Å²) in [6.45, 7) is 0. The highest BCUT2D eigenvalue weighted by Crippen LogP contribution is 2.42. The van der Waals surface area contributed by atoms with Crippen LogP contribution in [0.15, 0.2) is 179 Å². The van der Waals surface area contributed by atoms with Crippen molar-refractivity contribution in [1.29, 1.82) is 0 Å². The van der Waals surface area contributed by atoms with Gasteiger partial charge in [-0.15, -0.1) is 0 Å². The Hall–Kier alpha value is -7.04. The molecule has 4 nitrogen and oxygen atoms in total. The molecule has 0 radical (unpaired) electrons. The van der Waals surface area contributed by atoms with Crippen molar-refractivity contribution in [3.8, 4) is 22.5 Å². The molecule has 52 heavy (non-hydrogen) atoms. The third kappa shape index (κ3) is 3.75. The minimum atomic E-state index is 0.820. The zero-order valence-corrected chi connectivity index (χ0v) is 27.9. The van der Waals surface area contributed by atoms with Crippen LogP contribution in [-0.4, -0.2) is 9.13 Å². The first kappa shape index (κ1) is 27.7. The number of fused-ring (bicyclic) bond motifs is 13. The average Bonchev–Trinajstić information content (AvgIpc) is 3.95. The highest BCUT2D eigenvalue weighted by molar-refractivity contribution is 6.22. The van der Waals surface area contributed by atoms with Gasteiger partial charge in [-0.1, -0.05) is 91.0 Å². The van der Waals surface area contributed by atoms with Crippen molar-refractivity contribution in [2.75, 3.05) is 0 Å². The molecule has 0 unspecified atom stereocenters. The molecule has 0 aliphatic heterocycles. The van der Waals surface area contributed by atoms with Gasteiger partial charge in [0.25, 0.3) is 0 Å². The lowest BCUT2D eigenvalue weighted by atomic mass is 10.0. The van der Waals surface area contributed by atoms with Crippen LogP contribution in [0.3, 0.4) is 0 Å². The van der Waals surface area contributed by atoms with Crippen LogP contribution in [0.2, 0.25) is 0 Å². The van der Waals surface area contributed by atoms with E-state index in [4.69, 9.17) is 8.83 Å². The summed E-state index contributed by atoms with van der Waals surface area (Å²) in [5.41, 5.74) is 12.7. The van der Waals surface area contributed by atoms with Gasteiger partial charge in [-0.2, -0.15) is 0 Å². The van der Waals surface area contributed by atoms with Crippen LogP contribution in [0.4, 0.5) is 0 Å². The summed E-state index contributed by atoms with van der Waals surface area (Å²) in [6.07, 6.45) is 0. The SMILES string of the molecule is c1cc(-c2ccc3oc4ccc5c6cc(-n7c8ccccc8c8ccccc87)ccc6oc5c4c3c2)cc(-n2c3ccccc3c3ccccc32)c1. The van der Waals surface area contributed by atoms with Gasteiger partial charge in [0.05, 0.1) is 27.5 Å². The molecule has 4 aromatic heterocycles. The molecule has 12 aromatic rings. The Morgan fingerprint density at radius 1 is 0.308 bits per heavy atom. The van der Waals surface area contributed by atoms with E-state index in [1.165, 1.54) is 43.6 Å². The van der Waals surface area contributed by atoms with Gasteiger partial charge in [-0.25, -0.2) is 0 Å². The van der Waals surface area contributed by atoms with Gasteiger partial charge in [-0.3, -0.25) is 0 Å². The summed E-state index contributed by atoms with van der Waals surface area (Å²) in [6, 6.07) is 60.6. The van der Waals surface area contributed by atoms with E-state index in [9.17, 15) is 0 Å². The monoisotopic (exact) mass is 664 g/mol. The molecule has 0 fully saturated rings. The molecule has 4 heteroatoms. The van der Waals surface area contributed by atoms with Gasteiger partial charge in [0.15, 0.2) is 0 Å². The van der Waals surface area contributed by atoms with Crippen molar-refractivity contribution < 1.29 is 8.83 Å². The van der Waals surface area contributed by atoms with Gasteiger partial charge in [0.2, 0.25) is 0 Å². The summed E-state index contributed by atoms with van der Waals surface area (Å²) in [7, 11) is 0. The van der Waals surface area contributed by atoms with Crippen molar-refractivity contribution in [3.05, 3.63) is 170 Å². The summed E-state index contributed by atoms with van der Waals surface area (Å²) >= 11 is 0. The van der Waals surface area contributed by atoms with Gasteiger partial charge >= 0.3 is 0 Å². The summed E-state index contributed by atoms with van der Waals surface area (Å²) in [5.74, 6) is 0. The van der Waals surface area contributed by atoms with Crippen LogP contribution >= 0.6 is 0 Å². The Morgan fingerprint density at radius 3 is 1.46 bits per heavy atom. The molecule has 0 saturated heterocycles. The van der Waals surface area contributed by atoms with E-state index < -0.39 is 0 Å². The van der Waals surface area contributed by atoms with E-state index in [-0.39, 0.29) is 0 Å². The van der Waals surface area contributed by atoms with Crippen LogP contribution in [0, 0.1) is 0 Å². The van der Waals surface area contributed by atoms with E-state index in [1.807, 2.05) is 0 Å². The molecule has 0 N–H and O–H groups in total. The number of hydrogen-bond donors (Lipinski definition) is 0. The second-order valence-corrected chi connectivity index (χ2v) is 13.7. The Morgan fingerprint density at radius 2 is 0.827 bits per heavy atom. The zero-order chi connectivity index (χ0) is 33.9. The molecule has 12 rings (SSSR count). The minimum absolute atomic E-state index is 0.820. The number of hydrogen-bond acceptors (Lipinski definition) is 2. The first-order valence-electron chi connectivity index (χ1n) is 17.7. The van der Waals surface area contributed by atoms with Gasteiger partial charge in [0.1, 0.15) is 22.3 Å². The molecule has 8 aromatic carbocycles. The van der Waals surface area contributed by atoms with Gasteiger partial charge in [-0.05, 0) is 90.0 Å². The number of nitrogens with zero attached hydrogens (tertiary/aromatic N) is 2. The highest BCUT2D eigenvalue weighted by atomic mass is 16.3. The lowest BCUT2D eigenvalue weighted by Crippen LogP contribution is -1.94. The maximum Gasteiger partial charge on any atom is 0.147 e. The standard InChI is InChI=1S/C48H28N2O2/c1-5-16-40-33(12-1)34-13-2-6-17-41(34)49(40)31-11-9-10-29(26-31)30-20-23-45-39(27-30)47-46(51-45)25-22-37-38-28-32(21-24-44(38)52-48(37)47)50-42-18-7-3-14-35(42)36-15-4-8-19-43(36)50/h1-28H. The molecule has 0 aliphatic carbocycles. The number of aromatic nitrogens is 2. The summed E-state index contributed by atoms with van der Waals surface area (Å²) in [5, 5.41) is 9.21. The topological polar surface area (TPSA) is 36.1 Å². The maximum absolute atomic E-state index is 6.70. The third-order valence-electron chi connectivity index (χ3n) is 10.9. The van der Waals surface area contributed by atoms with E-state index in [2.05, 4.69) is 179 Å². The predicted octanol–water partition coefficient (Wildman–Crippen LogP) is 13.3. The quantitative estimate of drug-likeness (QED) is 0.188. The molecule has 0 saturated carbocycles. The predicted molar refractivity (Wildman–Crippen MR) is 215 cm³/mol. The van der Waals surface area contributed by atoms with Crippen molar-refractivity contribution in [2.45, 2.75) is 0 Å². The van der Waals surface area contributed by atoms with Crippen LogP contribution in [-0.2, 0) is 0 Å². The van der Waals surface area contributed by atoms with Gasteiger partial charge in [0, 0.05) is 49.1 Å². The fourth-order valence-electron chi connectivity index (χ4n) is 8.63. The van der Waals surface area contributed by atoms with E-state index in [0.29, 0.717) is 0 Å². The molecule has 0 spiro atoms.